The van der Waals surface area contributed by atoms with E-state index in [-0.39, 0.29) is 11.6 Å². The van der Waals surface area contributed by atoms with Crippen molar-refractivity contribution in [2.75, 3.05) is 19.6 Å². The second-order valence-electron chi connectivity index (χ2n) is 6.99. The molecule has 5 heteroatoms. The van der Waals surface area contributed by atoms with Crippen LogP contribution in [0.4, 0.5) is 13.2 Å². The standard InChI is InChI=1S/C15H27F3N2/c1-12(2)8-13-9-20(11-15(16,17)18)14(10-19-13)6-4-3-5-7-14/h12-13,19H,3-11H2,1-2H3. The maximum absolute atomic E-state index is 12.9. The van der Waals surface area contributed by atoms with Crippen LogP contribution in [0, 0.1) is 5.92 Å². The maximum Gasteiger partial charge on any atom is 0.401 e. The molecule has 2 nitrogen and oxygen atoms in total. The van der Waals surface area contributed by atoms with Gasteiger partial charge in [0.2, 0.25) is 0 Å². The molecular formula is C15H27F3N2. The molecular weight excluding hydrogens is 265 g/mol. The molecule has 2 fully saturated rings. The van der Waals surface area contributed by atoms with Crippen LogP contribution in [0.15, 0.2) is 0 Å². The van der Waals surface area contributed by atoms with Crippen LogP contribution in [-0.4, -0.2) is 42.3 Å². The van der Waals surface area contributed by atoms with Gasteiger partial charge in [-0.1, -0.05) is 33.1 Å². The van der Waals surface area contributed by atoms with Crippen LogP contribution < -0.4 is 5.32 Å². The first-order chi connectivity index (χ1) is 9.31. The van der Waals surface area contributed by atoms with Crippen molar-refractivity contribution < 1.29 is 13.2 Å². The van der Waals surface area contributed by atoms with Gasteiger partial charge in [-0.2, -0.15) is 13.2 Å². The van der Waals surface area contributed by atoms with E-state index >= 15 is 0 Å². The summed E-state index contributed by atoms with van der Waals surface area (Å²) < 4.78 is 38.7. The molecule has 2 aliphatic rings. The highest BCUT2D eigenvalue weighted by Crippen LogP contribution is 2.37. The van der Waals surface area contributed by atoms with Crippen molar-refractivity contribution in [3.8, 4) is 0 Å². The Bertz CT molecular complexity index is 309. The highest BCUT2D eigenvalue weighted by molar-refractivity contribution is 5.01. The molecule has 1 atom stereocenters. The fourth-order valence-electron chi connectivity index (χ4n) is 3.85. The molecule has 1 aliphatic carbocycles. The van der Waals surface area contributed by atoms with E-state index in [0.29, 0.717) is 12.5 Å². The fourth-order valence-corrected chi connectivity index (χ4v) is 3.85. The van der Waals surface area contributed by atoms with Crippen molar-refractivity contribution in [3.05, 3.63) is 0 Å². The lowest BCUT2D eigenvalue weighted by Gasteiger charge is -2.52. The number of halogens is 3. The highest BCUT2D eigenvalue weighted by Gasteiger charge is 2.46. The van der Waals surface area contributed by atoms with Gasteiger partial charge in [-0.05, 0) is 25.2 Å². The summed E-state index contributed by atoms with van der Waals surface area (Å²) in [5, 5.41) is 3.52. The predicted octanol–water partition coefficient (Wildman–Crippen LogP) is 3.57. The van der Waals surface area contributed by atoms with Crippen molar-refractivity contribution in [2.45, 2.75) is 70.1 Å². The molecule has 0 aromatic carbocycles. The summed E-state index contributed by atoms with van der Waals surface area (Å²) in [6, 6.07) is 0.199. The highest BCUT2D eigenvalue weighted by atomic mass is 19.4. The molecule has 0 amide bonds. The fraction of sp³-hybridized carbons (Fsp3) is 1.00. The minimum absolute atomic E-state index is 0.199. The zero-order valence-corrected chi connectivity index (χ0v) is 12.6. The third-order valence-electron chi connectivity index (χ3n) is 4.74. The zero-order valence-electron chi connectivity index (χ0n) is 12.6. The first kappa shape index (κ1) is 16.1. The van der Waals surface area contributed by atoms with Gasteiger partial charge in [0.15, 0.2) is 0 Å². The molecule has 1 saturated carbocycles. The van der Waals surface area contributed by atoms with Crippen molar-refractivity contribution in [3.63, 3.8) is 0 Å². The molecule has 1 N–H and O–H groups in total. The monoisotopic (exact) mass is 292 g/mol. The summed E-state index contributed by atoms with van der Waals surface area (Å²) in [4.78, 5) is 1.75. The molecule has 20 heavy (non-hydrogen) atoms. The Kier molecular flexibility index (Phi) is 5.00. The van der Waals surface area contributed by atoms with E-state index in [2.05, 4.69) is 19.2 Å². The van der Waals surface area contributed by atoms with Gasteiger partial charge in [-0.25, -0.2) is 0 Å². The van der Waals surface area contributed by atoms with E-state index in [4.69, 9.17) is 0 Å². The van der Waals surface area contributed by atoms with Crippen molar-refractivity contribution in [2.24, 2.45) is 5.92 Å². The third kappa shape index (κ3) is 4.10. The van der Waals surface area contributed by atoms with Crippen LogP contribution in [0.5, 0.6) is 0 Å². The number of rotatable bonds is 3. The quantitative estimate of drug-likeness (QED) is 0.855. The van der Waals surface area contributed by atoms with Gasteiger partial charge in [0, 0.05) is 24.7 Å². The van der Waals surface area contributed by atoms with Crippen molar-refractivity contribution in [1.29, 1.82) is 0 Å². The molecule has 2 rings (SSSR count). The van der Waals surface area contributed by atoms with Gasteiger partial charge in [0.1, 0.15) is 0 Å². The maximum atomic E-state index is 12.9. The van der Waals surface area contributed by atoms with Crippen molar-refractivity contribution >= 4 is 0 Å². The van der Waals surface area contributed by atoms with E-state index in [1.54, 1.807) is 4.90 Å². The van der Waals surface area contributed by atoms with Gasteiger partial charge in [0.05, 0.1) is 6.54 Å². The first-order valence-corrected chi connectivity index (χ1v) is 7.86. The average molecular weight is 292 g/mol. The van der Waals surface area contributed by atoms with Gasteiger partial charge in [0.25, 0.3) is 0 Å². The summed E-state index contributed by atoms with van der Waals surface area (Å²) in [5.41, 5.74) is -0.249. The van der Waals surface area contributed by atoms with Gasteiger partial charge in [-0.3, -0.25) is 4.90 Å². The van der Waals surface area contributed by atoms with Crippen LogP contribution in [0.2, 0.25) is 0 Å². The minimum atomic E-state index is -4.09. The molecule has 1 spiro atoms. The van der Waals surface area contributed by atoms with Gasteiger partial charge >= 0.3 is 6.18 Å². The SMILES string of the molecule is CC(C)CC1CN(CC(F)(F)F)C2(CCCCC2)CN1. The largest absolute Gasteiger partial charge is 0.401 e. The molecule has 1 heterocycles. The predicted molar refractivity (Wildman–Crippen MR) is 74.7 cm³/mol. The van der Waals surface area contributed by atoms with Crippen LogP contribution in [0.3, 0.4) is 0 Å². The van der Waals surface area contributed by atoms with Crippen LogP contribution >= 0.6 is 0 Å². The Morgan fingerprint density at radius 1 is 1.20 bits per heavy atom. The average Bonchev–Trinajstić information content (AvgIpc) is 2.33. The van der Waals surface area contributed by atoms with Crippen LogP contribution in [-0.2, 0) is 0 Å². The molecule has 0 radical (unpaired) electrons. The molecule has 0 aromatic heterocycles. The van der Waals surface area contributed by atoms with Gasteiger partial charge < -0.3 is 5.32 Å². The Hall–Kier alpha value is -0.290. The summed E-state index contributed by atoms with van der Waals surface area (Å²) in [6.45, 7) is 4.77. The lowest BCUT2D eigenvalue weighted by atomic mass is 9.78. The lowest BCUT2D eigenvalue weighted by molar-refractivity contribution is -0.168. The smallest absolute Gasteiger partial charge is 0.311 e. The zero-order chi connectivity index (χ0) is 14.8. The van der Waals surface area contributed by atoms with E-state index in [1.807, 2.05) is 0 Å². The Balaban J connectivity index is 2.07. The molecule has 0 bridgehead atoms. The van der Waals surface area contributed by atoms with E-state index in [9.17, 15) is 13.2 Å². The Morgan fingerprint density at radius 2 is 1.85 bits per heavy atom. The number of nitrogens with one attached hydrogen (secondary N) is 1. The lowest BCUT2D eigenvalue weighted by Crippen LogP contribution is -2.66. The third-order valence-corrected chi connectivity index (χ3v) is 4.74. The number of hydrogen-bond donors (Lipinski definition) is 1. The number of nitrogens with zero attached hydrogens (tertiary/aromatic N) is 1. The molecule has 118 valence electrons. The van der Waals surface area contributed by atoms with E-state index in [1.165, 1.54) is 0 Å². The molecule has 1 saturated heterocycles. The van der Waals surface area contributed by atoms with Gasteiger partial charge in [-0.15, -0.1) is 0 Å². The molecule has 1 unspecified atom stereocenters. The summed E-state index contributed by atoms with van der Waals surface area (Å²) in [5.74, 6) is 0.514. The first-order valence-electron chi connectivity index (χ1n) is 7.86. The number of hydrogen-bond acceptors (Lipinski definition) is 2. The molecule has 0 aromatic rings. The summed E-state index contributed by atoms with van der Waals surface area (Å²) in [7, 11) is 0. The minimum Gasteiger partial charge on any atom is -0.311 e. The van der Waals surface area contributed by atoms with Crippen LogP contribution in [0.25, 0.3) is 0 Å². The Morgan fingerprint density at radius 3 is 2.40 bits per heavy atom. The second kappa shape index (κ2) is 6.22. The Labute approximate surface area is 120 Å². The summed E-state index contributed by atoms with van der Waals surface area (Å²) >= 11 is 0. The number of alkyl halides is 3. The van der Waals surface area contributed by atoms with Crippen molar-refractivity contribution in [1.82, 2.24) is 10.2 Å². The van der Waals surface area contributed by atoms with Crippen LogP contribution in [0.1, 0.15) is 52.4 Å². The topological polar surface area (TPSA) is 15.3 Å². The van der Waals surface area contributed by atoms with E-state index in [0.717, 1.165) is 45.1 Å². The molecule has 1 aliphatic heterocycles. The second-order valence-corrected chi connectivity index (χ2v) is 6.99. The summed E-state index contributed by atoms with van der Waals surface area (Å²) in [6.07, 6.45) is 1.95. The normalized spacial score (nSPS) is 28.2. The number of piperazine rings is 1. The van der Waals surface area contributed by atoms with E-state index < -0.39 is 12.7 Å².